The molecule has 136 valence electrons. The van der Waals surface area contributed by atoms with Gasteiger partial charge in [0.05, 0.1) is 0 Å². The lowest BCUT2D eigenvalue weighted by Crippen LogP contribution is -2.50. The Kier molecular flexibility index (Phi) is 5.39. The van der Waals surface area contributed by atoms with Gasteiger partial charge in [-0.2, -0.15) is 0 Å². The number of aryl methyl sites for hydroxylation is 1. The van der Waals surface area contributed by atoms with Crippen LogP contribution in [0.25, 0.3) is 0 Å². The highest BCUT2D eigenvalue weighted by molar-refractivity contribution is 6.35. The van der Waals surface area contributed by atoms with Gasteiger partial charge in [-0.3, -0.25) is 9.59 Å². The number of piperazine rings is 1. The van der Waals surface area contributed by atoms with Crippen LogP contribution in [0, 0.1) is 6.92 Å². The van der Waals surface area contributed by atoms with E-state index >= 15 is 0 Å². The molecule has 2 aromatic carbocycles. The molecule has 0 unspecified atom stereocenters. The predicted octanol–water partition coefficient (Wildman–Crippen LogP) is 3.48. The van der Waals surface area contributed by atoms with E-state index in [1.54, 1.807) is 40.1 Å². The molecule has 1 fully saturated rings. The van der Waals surface area contributed by atoms with Crippen molar-refractivity contribution in [2.45, 2.75) is 6.92 Å². The van der Waals surface area contributed by atoms with Crippen molar-refractivity contribution >= 4 is 40.7 Å². The number of anilines is 1. The Hall–Kier alpha value is -2.24. The third-order valence-electron chi connectivity index (χ3n) is 4.46. The minimum atomic E-state index is -0.137. The number of carbonyl (C=O) groups is 2. The smallest absolute Gasteiger partial charge is 0.254 e. The molecule has 0 aliphatic carbocycles. The van der Waals surface area contributed by atoms with Crippen molar-refractivity contribution < 1.29 is 9.59 Å². The van der Waals surface area contributed by atoms with Crippen molar-refractivity contribution in [2.24, 2.45) is 0 Å². The van der Waals surface area contributed by atoms with Crippen molar-refractivity contribution in [1.29, 1.82) is 0 Å². The number of carbonyl (C=O) groups excluding carboxylic acids is 2. The summed E-state index contributed by atoms with van der Waals surface area (Å²) >= 11 is 11.9. The average molecular weight is 392 g/mol. The van der Waals surface area contributed by atoms with Gasteiger partial charge in [0.2, 0.25) is 0 Å². The van der Waals surface area contributed by atoms with Gasteiger partial charge in [-0.15, -0.1) is 0 Å². The lowest BCUT2D eigenvalue weighted by atomic mass is 10.1. The fourth-order valence-electron chi connectivity index (χ4n) is 3.01. The van der Waals surface area contributed by atoms with E-state index in [0.29, 0.717) is 53.0 Å². The van der Waals surface area contributed by atoms with Crippen LogP contribution in [0.5, 0.6) is 0 Å². The second-order valence-electron chi connectivity index (χ2n) is 6.32. The van der Waals surface area contributed by atoms with Gasteiger partial charge in [0.1, 0.15) is 0 Å². The fourth-order valence-corrected chi connectivity index (χ4v) is 3.54. The molecular formula is C19H19Cl2N3O2. The summed E-state index contributed by atoms with van der Waals surface area (Å²) in [5, 5.41) is 0.846. The zero-order valence-corrected chi connectivity index (χ0v) is 15.8. The number of hydrogen-bond donors (Lipinski definition) is 1. The average Bonchev–Trinajstić information content (AvgIpc) is 2.62. The van der Waals surface area contributed by atoms with Gasteiger partial charge >= 0.3 is 0 Å². The summed E-state index contributed by atoms with van der Waals surface area (Å²) < 4.78 is 0. The van der Waals surface area contributed by atoms with Crippen LogP contribution in [0.2, 0.25) is 10.0 Å². The molecule has 2 aromatic rings. The minimum absolute atomic E-state index is 0.0623. The van der Waals surface area contributed by atoms with Crippen molar-refractivity contribution in [3.63, 3.8) is 0 Å². The van der Waals surface area contributed by atoms with E-state index in [0.717, 1.165) is 5.56 Å². The van der Waals surface area contributed by atoms with Gasteiger partial charge < -0.3 is 15.5 Å². The molecule has 5 nitrogen and oxygen atoms in total. The summed E-state index contributed by atoms with van der Waals surface area (Å²) in [6.07, 6.45) is 0. The number of nitrogens with two attached hydrogens (primary N) is 1. The summed E-state index contributed by atoms with van der Waals surface area (Å²) in [6, 6.07) is 10.1. The number of nitrogens with zero attached hydrogens (tertiary/aromatic N) is 2. The first-order valence-corrected chi connectivity index (χ1v) is 9.01. The van der Waals surface area contributed by atoms with Gasteiger partial charge in [0, 0.05) is 53.0 Å². The quantitative estimate of drug-likeness (QED) is 0.796. The SMILES string of the molecule is Cc1ccc(N)cc1C(=O)N1CCN(C(=O)c2cc(Cl)cc(Cl)c2)CC1. The van der Waals surface area contributed by atoms with E-state index in [-0.39, 0.29) is 11.8 Å². The first kappa shape index (κ1) is 18.5. The number of amides is 2. The molecule has 3 rings (SSSR count). The molecule has 2 N–H and O–H groups in total. The summed E-state index contributed by atoms with van der Waals surface area (Å²) in [5.41, 5.74) is 8.30. The second kappa shape index (κ2) is 7.56. The third kappa shape index (κ3) is 3.94. The predicted molar refractivity (Wildman–Crippen MR) is 104 cm³/mol. The van der Waals surface area contributed by atoms with Gasteiger partial charge in [-0.25, -0.2) is 0 Å². The molecule has 0 saturated carbocycles. The lowest BCUT2D eigenvalue weighted by molar-refractivity contribution is 0.0535. The molecule has 0 spiro atoms. The van der Waals surface area contributed by atoms with E-state index in [1.807, 2.05) is 13.0 Å². The first-order chi connectivity index (χ1) is 12.3. The Bertz CT molecular complexity index is 842. The molecule has 7 heteroatoms. The molecule has 0 aromatic heterocycles. The molecule has 0 radical (unpaired) electrons. The molecule has 0 bridgehead atoms. The van der Waals surface area contributed by atoms with Crippen LogP contribution in [0.15, 0.2) is 36.4 Å². The normalized spacial score (nSPS) is 14.4. The van der Waals surface area contributed by atoms with E-state index in [1.165, 1.54) is 0 Å². The summed E-state index contributed by atoms with van der Waals surface area (Å²) in [5.74, 6) is -0.200. The van der Waals surface area contributed by atoms with E-state index in [2.05, 4.69) is 0 Å². The minimum Gasteiger partial charge on any atom is -0.399 e. The van der Waals surface area contributed by atoms with Crippen LogP contribution in [-0.4, -0.2) is 47.8 Å². The van der Waals surface area contributed by atoms with Gasteiger partial charge in [0.25, 0.3) is 11.8 Å². The summed E-state index contributed by atoms with van der Waals surface area (Å²) in [6.45, 7) is 3.72. The summed E-state index contributed by atoms with van der Waals surface area (Å²) in [7, 11) is 0. The topological polar surface area (TPSA) is 66.6 Å². The van der Waals surface area contributed by atoms with E-state index < -0.39 is 0 Å². The van der Waals surface area contributed by atoms with Gasteiger partial charge in [-0.05, 0) is 42.8 Å². The number of hydrogen-bond acceptors (Lipinski definition) is 3. The standard InChI is InChI=1S/C19H19Cl2N3O2/c1-12-2-3-16(22)11-17(12)19(26)24-6-4-23(5-7-24)18(25)13-8-14(20)10-15(21)9-13/h2-3,8-11H,4-7,22H2,1H3. The van der Waals surface area contributed by atoms with Crippen LogP contribution in [-0.2, 0) is 0 Å². The maximum atomic E-state index is 12.7. The van der Waals surface area contributed by atoms with Crippen molar-refractivity contribution in [3.05, 3.63) is 63.1 Å². The van der Waals surface area contributed by atoms with Crippen molar-refractivity contribution in [1.82, 2.24) is 9.80 Å². The van der Waals surface area contributed by atoms with Gasteiger partial charge in [0.15, 0.2) is 0 Å². The highest BCUT2D eigenvalue weighted by Gasteiger charge is 2.26. The van der Waals surface area contributed by atoms with Gasteiger partial charge in [-0.1, -0.05) is 29.3 Å². The molecule has 2 amide bonds. The Morgan fingerprint density at radius 1 is 0.885 bits per heavy atom. The van der Waals surface area contributed by atoms with Crippen molar-refractivity contribution in [3.8, 4) is 0 Å². The van der Waals surface area contributed by atoms with Crippen molar-refractivity contribution in [2.75, 3.05) is 31.9 Å². The molecular weight excluding hydrogens is 373 g/mol. The Morgan fingerprint density at radius 3 is 2.00 bits per heavy atom. The van der Waals surface area contributed by atoms with E-state index in [9.17, 15) is 9.59 Å². The van der Waals surface area contributed by atoms with Crippen LogP contribution in [0.1, 0.15) is 26.3 Å². The summed E-state index contributed by atoms with van der Waals surface area (Å²) in [4.78, 5) is 28.8. The zero-order valence-electron chi connectivity index (χ0n) is 14.3. The Morgan fingerprint density at radius 2 is 1.42 bits per heavy atom. The second-order valence-corrected chi connectivity index (χ2v) is 7.19. The molecule has 0 atom stereocenters. The third-order valence-corrected chi connectivity index (χ3v) is 4.89. The monoisotopic (exact) mass is 391 g/mol. The largest absolute Gasteiger partial charge is 0.399 e. The number of rotatable bonds is 2. The van der Waals surface area contributed by atoms with Crippen LogP contribution in [0.4, 0.5) is 5.69 Å². The fraction of sp³-hybridized carbons (Fsp3) is 0.263. The first-order valence-electron chi connectivity index (χ1n) is 8.26. The molecule has 1 aliphatic rings. The lowest BCUT2D eigenvalue weighted by Gasteiger charge is -2.35. The maximum Gasteiger partial charge on any atom is 0.254 e. The number of benzene rings is 2. The highest BCUT2D eigenvalue weighted by Crippen LogP contribution is 2.21. The zero-order chi connectivity index (χ0) is 18.8. The Balaban J connectivity index is 1.68. The molecule has 1 saturated heterocycles. The molecule has 26 heavy (non-hydrogen) atoms. The van der Waals surface area contributed by atoms with E-state index in [4.69, 9.17) is 28.9 Å². The number of nitrogen functional groups attached to an aromatic ring is 1. The van der Waals surface area contributed by atoms with Crippen LogP contribution >= 0.6 is 23.2 Å². The highest BCUT2D eigenvalue weighted by atomic mass is 35.5. The van der Waals surface area contributed by atoms with Crippen LogP contribution in [0.3, 0.4) is 0 Å². The molecule has 1 aliphatic heterocycles. The number of halogens is 2. The maximum absolute atomic E-state index is 12.7. The molecule has 1 heterocycles. The van der Waals surface area contributed by atoms with Crippen LogP contribution < -0.4 is 5.73 Å². The Labute approximate surface area is 162 Å².